The molecule has 0 aliphatic heterocycles. The lowest BCUT2D eigenvalue weighted by molar-refractivity contribution is 0.112. The number of unbranched alkanes of at least 4 members (excludes halogenated alkanes) is 5. The molecule has 22 heavy (non-hydrogen) atoms. The van der Waals surface area contributed by atoms with Crippen molar-refractivity contribution >= 4 is 20.5 Å². The lowest BCUT2D eigenvalue weighted by atomic mass is 9.95. The van der Waals surface area contributed by atoms with Crippen molar-refractivity contribution in [2.45, 2.75) is 95.4 Å². The second kappa shape index (κ2) is 13.8. The molecule has 0 aromatic rings. The van der Waals surface area contributed by atoms with Crippen LogP contribution in [-0.2, 0) is 0 Å². The average molecular weight is 354 g/mol. The summed E-state index contributed by atoms with van der Waals surface area (Å²) in [7, 11) is -0.900. The van der Waals surface area contributed by atoms with Gasteiger partial charge in [0.1, 0.15) is 0 Å². The van der Waals surface area contributed by atoms with E-state index in [0.29, 0.717) is 0 Å². The van der Waals surface area contributed by atoms with Gasteiger partial charge in [-0.05, 0) is 6.42 Å². The molecule has 0 rings (SSSR count). The monoisotopic (exact) mass is 353 g/mol. The van der Waals surface area contributed by atoms with E-state index >= 15 is 0 Å². The number of aliphatic hydroxyl groups is 2. The highest BCUT2D eigenvalue weighted by atomic mass is 35.5. The summed E-state index contributed by atoms with van der Waals surface area (Å²) >= 11 is 0. The lowest BCUT2D eigenvalue weighted by Crippen LogP contribution is -2.47. The Hall–Kier alpha value is 0.387. The molecule has 5 heteroatoms. The van der Waals surface area contributed by atoms with E-state index in [1.165, 1.54) is 49.9 Å². The van der Waals surface area contributed by atoms with E-state index in [2.05, 4.69) is 20.8 Å². The van der Waals surface area contributed by atoms with Crippen molar-refractivity contribution in [2.75, 3.05) is 13.2 Å². The SMILES string of the molecule is CC[Si](CC)(CC)CCCCCCCCC(N)(CO)CO.Cl. The van der Waals surface area contributed by atoms with Crippen molar-refractivity contribution < 1.29 is 10.2 Å². The zero-order valence-electron chi connectivity index (χ0n) is 15.1. The summed E-state index contributed by atoms with van der Waals surface area (Å²) in [6, 6.07) is 5.85. The molecule has 0 aliphatic carbocycles. The molecule has 0 heterocycles. The van der Waals surface area contributed by atoms with E-state index in [9.17, 15) is 0 Å². The van der Waals surface area contributed by atoms with Gasteiger partial charge in [0.2, 0.25) is 0 Å². The van der Waals surface area contributed by atoms with E-state index < -0.39 is 13.6 Å². The van der Waals surface area contributed by atoms with Gasteiger partial charge in [-0.15, -0.1) is 12.4 Å². The van der Waals surface area contributed by atoms with Crippen LogP contribution in [0.25, 0.3) is 0 Å². The quantitative estimate of drug-likeness (QED) is 0.321. The van der Waals surface area contributed by atoms with Crippen LogP contribution in [-0.4, -0.2) is 37.0 Å². The Morgan fingerprint density at radius 1 is 0.773 bits per heavy atom. The number of nitrogens with two attached hydrogens (primary N) is 1. The second-order valence-electron chi connectivity index (χ2n) is 6.86. The van der Waals surface area contributed by atoms with Gasteiger partial charge < -0.3 is 15.9 Å². The number of hydrogen-bond acceptors (Lipinski definition) is 3. The summed E-state index contributed by atoms with van der Waals surface area (Å²) < 4.78 is 0. The fourth-order valence-electron chi connectivity index (χ4n) is 3.17. The van der Waals surface area contributed by atoms with E-state index in [-0.39, 0.29) is 25.6 Å². The van der Waals surface area contributed by atoms with Crippen LogP contribution < -0.4 is 5.73 Å². The third-order valence-corrected chi connectivity index (χ3v) is 11.4. The van der Waals surface area contributed by atoms with Crippen LogP contribution in [0.5, 0.6) is 0 Å². The zero-order chi connectivity index (χ0) is 16.2. The maximum absolute atomic E-state index is 9.12. The number of halogens is 1. The highest BCUT2D eigenvalue weighted by molar-refractivity contribution is 6.79. The summed E-state index contributed by atoms with van der Waals surface area (Å²) in [4.78, 5) is 0. The van der Waals surface area contributed by atoms with Crippen LogP contribution in [0.4, 0.5) is 0 Å². The van der Waals surface area contributed by atoms with Gasteiger partial charge in [0, 0.05) is 0 Å². The topological polar surface area (TPSA) is 66.5 Å². The minimum Gasteiger partial charge on any atom is -0.394 e. The van der Waals surface area contributed by atoms with E-state index in [1.807, 2.05) is 0 Å². The first-order chi connectivity index (χ1) is 10.0. The molecule has 136 valence electrons. The standard InChI is InChI=1S/C17H39NO2Si.ClH/c1-4-21(5-2,6-3)14-12-10-8-7-9-11-13-17(18,15-19)16-20;/h19-20H,4-16,18H2,1-3H3;1H. The molecular formula is C17H40ClNO2Si. The number of hydrogen-bond donors (Lipinski definition) is 3. The molecular weight excluding hydrogens is 314 g/mol. The Morgan fingerprint density at radius 3 is 1.59 bits per heavy atom. The number of rotatable bonds is 14. The molecule has 0 radical (unpaired) electrons. The highest BCUT2D eigenvalue weighted by Gasteiger charge is 2.25. The maximum Gasteiger partial charge on any atom is 0.0633 e. The molecule has 0 aromatic heterocycles. The minimum absolute atomic E-state index is 0. The van der Waals surface area contributed by atoms with Crippen molar-refractivity contribution in [1.82, 2.24) is 0 Å². The third kappa shape index (κ3) is 9.51. The molecule has 0 saturated carbocycles. The molecule has 0 amide bonds. The lowest BCUT2D eigenvalue weighted by Gasteiger charge is -2.28. The van der Waals surface area contributed by atoms with Crippen molar-refractivity contribution in [3.05, 3.63) is 0 Å². The van der Waals surface area contributed by atoms with Crippen molar-refractivity contribution in [1.29, 1.82) is 0 Å². The van der Waals surface area contributed by atoms with Gasteiger partial charge in [-0.2, -0.15) is 0 Å². The molecule has 3 nitrogen and oxygen atoms in total. The maximum atomic E-state index is 9.12. The van der Waals surface area contributed by atoms with Crippen LogP contribution in [0.3, 0.4) is 0 Å². The van der Waals surface area contributed by atoms with Crippen LogP contribution in [0.2, 0.25) is 24.2 Å². The van der Waals surface area contributed by atoms with Crippen LogP contribution >= 0.6 is 12.4 Å². The normalized spacial score (nSPS) is 12.3. The summed E-state index contributed by atoms with van der Waals surface area (Å²) in [6.45, 7) is 6.92. The smallest absolute Gasteiger partial charge is 0.0633 e. The molecule has 0 bridgehead atoms. The zero-order valence-corrected chi connectivity index (χ0v) is 16.9. The van der Waals surface area contributed by atoms with Gasteiger partial charge in [-0.1, -0.05) is 83.5 Å². The van der Waals surface area contributed by atoms with Crippen molar-refractivity contribution in [3.8, 4) is 0 Å². The number of aliphatic hydroxyl groups excluding tert-OH is 2. The fraction of sp³-hybridized carbons (Fsp3) is 1.00. The Balaban J connectivity index is 0. The van der Waals surface area contributed by atoms with Crippen LogP contribution in [0.1, 0.15) is 65.7 Å². The first-order valence-electron chi connectivity index (χ1n) is 9.02. The van der Waals surface area contributed by atoms with Gasteiger partial charge in [-0.3, -0.25) is 0 Å². The average Bonchev–Trinajstić information content (AvgIpc) is 2.54. The van der Waals surface area contributed by atoms with E-state index in [4.69, 9.17) is 15.9 Å². The van der Waals surface area contributed by atoms with Gasteiger partial charge in [0.25, 0.3) is 0 Å². The van der Waals surface area contributed by atoms with E-state index in [0.717, 1.165) is 19.3 Å². The fourth-order valence-corrected chi connectivity index (χ4v) is 6.73. The Labute approximate surface area is 145 Å². The van der Waals surface area contributed by atoms with Gasteiger partial charge in [0.05, 0.1) is 26.8 Å². The summed E-state index contributed by atoms with van der Waals surface area (Å²) in [6.07, 6.45) is 8.24. The van der Waals surface area contributed by atoms with E-state index in [1.54, 1.807) is 0 Å². The van der Waals surface area contributed by atoms with Crippen LogP contribution in [0, 0.1) is 0 Å². The molecule has 0 aliphatic rings. The summed E-state index contributed by atoms with van der Waals surface area (Å²) in [5, 5.41) is 18.2. The van der Waals surface area contributed by atoms with Crippen molar-refractivity contribution in [2.24, 2.45) is 5.73 Å². The Kier molecular flexibility index (Phi) is 15.4. The minimum atomic E-state index is -0.900. The van der Waals surface area contributed by atoms with Gasteiger partial charge >= 0.3 is 0 Å². The predicted octanol–water partition coefficient (Wildman–Crippen LogP) is 4.33. The molecule has 0 spiro atoms. The Bertz CT molecular complexity index is 239. The second-order valence-corrected chi connectivity index (χ2v) is 12.5. The largest absolute Gasteiger partial charge is 0.394 e. The first-order valence-corrected chi connectivity index (χ1v) is 11.8. The molecule has 0 unspecified atom stereocenters. The van der Waals surface area contributed by atoms with Gasteiger partial charge in [-0.25, -0.2) is 0 Å². The molecule has 0 aromatic carbocycles. The van der Waals surface area contributed by atoms with Gasteiger partial charge in [0.15, 0.2) is 0 Å². The molecule has 4 N–H and O–H groups in total. The van der Waals surface area contributed by atoms with Crippen LogP contribution in [0.15, 0.2) is 0 Å². The van der Waals surface area contributed by atoms with Crippen molar-refractivity contribution in [3.63, 3.8) is 0 Å². The third-order valence-electron chi connectivity index (χ3n) is 5.51. The highest BCUT2D eigenvalue weighted by Crippen LogP contribution is 2.27. The summed E-state index contributed by atoms with van der Waals surface area (Å²) in [5.74, 6) is 0. The molecule has 0 atom stereocenters. The molecule has 0 saturated heterocycles. The summed E-state index contributed by atoms with van der Waals surface area (Å²) in [5.41, 5.74) is 5.09. The Morgan fingerprint density at radius 2 is 1.18 bits per heavy atom. The first kappa shape index (κ1) is 24.6. The molecule has 0 fully saturated rings. The predicted molar refractivity (Wildman–Crippen MR) is 103 cm³/mol.